The van der Waals surface area contributed by atoms with Crippen molar-refractivity contribution in [1.29, 1.82) is 0 Å². The number of esters is 2. The van der Waals surface area contributed by atoms with Crippen LogP contribution in [0.15, 0.2) is 0 Å². The highest BCUT2D eigenvalue weighted by Gasteiger charge is 2.33. The maximum Gasteiger partial charge on any atom is 0.309 e. The molecule has 0 aromatic rings. The molecule has 30 heavy (non-hydrogen) atoms. The van der Waals surface area contributed by atoms with Crippen LogP contribution in [0.4, 0.5) is 0 Å². The van der Waals surface area contributed by atoms with Crippen LogP contribution in [-0.4, -0.2) is 78.0 Å². The van der Waals surface area contributed by atoms with Gasteiger partial charge in [0.05, 0.1) is 51.5 Å². The summed E-state index contributed by atoms with van der Waals surface area (Å²) < 4.78 is 31.9. The van der Waals surface area contributed by atoms with Crippen LogP contribution in [0.25, 0.3) is 0 Å². The molecule has 2 unspecified atom stereocenters. The molecule has 0 rings (SSSR count). The van der Waals surface area contributed by atoms with E-state index in [-0.39, 0.29) is 13.2 Å². The summed E-state index contributed by atoms with van der Waals surface area (Å²) in [7, 11) is 0. The maximum absolute atomic E-state index is 12.4. The smallest absolute Gasteiger partial charge is 0.309 e. The van der Waals surface area contributed by atoms with Gasteiger partial charge < -0.3 is 28.4 Å². The summed E-state index contributed by atoms with van der Waals surface area (Å²) in [4.78, 5) is 24.8. The molecule has 0 saturated heterocycles. The highest BCUT2D eigenvalue weighted by molar-refractivity contribution is 5.82. The summed E-state index contributed by atoms with van der Waals surface area (Å²) in [5.74, 6) is -1.84. The zero-order valence-corrected chi connectivity index (χ0v) is 19.3. The monoisotopic (exact) mass is 434 g/mol. The molecule has 2 atom stereocenters. The average Bonchev–Trinajstić information content (AvgIpc) is 2.75. The second kappa shape index (κ2) is 21.0. The van der Waals surface area contributed by atoms with E-state index in [9.17, 15) is 9.59 Å². The fourth-order valence-corrected chi connectivity index (χ4v) is 2.78. The van der Waals surface area contributed by atoms with E-state index in [4.69, 9.17) is 28.4 Å². The van der Waals surface area contributed by atoms with E-state index < -0.39 is 23.8 Å². The molecule has 8 nitrogen and oxygen atoms in total. The van der Waals surface area contributed by atoms with Gasteiger partial charge in [0.15, 0.2) is 0 Å². The van der Waals surface area contributed by atoms with Crippen LogP contribution < -0.4 is 0 Å². The van der Waals surface area contributed by atoms with Gasteiger partial charge in [0.25, 0.3) is 0 Å². The van der Waals surface area contributed by atoms with Crippen molar-refractivity contribution < 1.29 is 38.0 Å². The Morgan fingerprint density at radius 2 is 0.800 bits per heavy atom. The summed E-state index contributed by atoms with van der Waals surface area (Å²) >= 11 is 0. The molecule has 0 spiro atoms. The van der Waals surface area contributed by atoms with Crippen molar-refractivity contribution in [2.45, 2.75) is 53.4 Å². The molecule has 0 aliphatic heterocycles. The summed E-state index contributed by atoms with van der Waals surface area (Å²) in [5.41, 5.74) is 0. The zero-order chi connectivity index (χ0) is 22.5. The third kappa shape index (κ3) is 14.7. The second-order valence-corrected chi connectivity index (χ2v) is 6.81. The number of rotatable bonds is 21. The third-order valence-corrected chi connectivity index (χ3v) is 4.36. The van der Waals surface area contributed by atoms with Crippen LogP contribution >= 0.6 is 0 Å². The lowest BCUT2D eigenvalue weighted by atomic mass is 9.88. The Balaban J connectivity index is 4.08. The first-order valence-corrected chi connectivity index (χ1v) is 11.3. The van der Waals surface area contributed by atoms with Gasteiger partial charge in [-0.25, -0.2) is 0 Å². The number of hydrogen-bond donors (Lipinski definition) is 0. The molecule has 8 heteroatoms. The molecular weight excluding hydrogens is 392 g/mol. The van der Waals surface area contributed by atoms with E-state index in [1.54, 1.807) is 0 Å². The number of carbonyl (C=O) groups is 2. The molecule has 0 amide bonds. The molecule has 178 valence electrons. The van der Waals surface area contributed by atoms with Crippen LogP contribution in [0, 0.1) is 11.8 Å². The van der Waals surface area contributed by atoms with Gasteiger partial charge in [-0.1, -0.05) is 27.7 Å². The van der Waals surface area contributed by atoms with Crippen LogP contribution in [0.5, 0.6) is 0 Å². The number of ether oxygens (including phenoxy) is 6. The molecule has 0 aliphatic carbocycles. The molecule has 0 aliphatic rings. The van der Waals surface area contributed by atoms with E-state index >= 15 is 0 Å². The van der Waals surface area contributed by atoms with Crippen LogP contribution in [0.1, 0.15) is 53.4 Å². The first kappa shape index (κ1) is 28.8. The lowest BCUT2D eigenvalue weighted by Gasteiger charge is -2.22. The fourth-order valence-electron chi connectivity index (χ4n) is 2.78. The van der Waals surface area contributed by atoms with Gasteiger partial charge in [-0.05, 0) is 25.7 Å². The van der Waals surface area contributed by atoms with Gasteiger partial charge >= 0.3 is 11.9 Å². The maximum atomic E-state index is 12.4. The summed E-state index contributed by atoms with van der Waals surface area (Å²) in [6, 6.07) is 0. The largest absolute Gasteiger partial charge is 0.463 e. The molecule has 0 fully saturated rings. The summed E-state index contributed by atoms with van der Waals surface area (Å²) in [6.45, 7) is 12.1. The van der Waals surface area contributed by atoms with E-state index in [2.05, 4.69) is 0 Å². The van der Waals surface area contributed by atoms with Gasteiger partial charge in [-0.15, -0.1) is 0 Å². The van der Waals surface area contributed by atoms with Gasteiger partial charge in [0.2, 0.25) is 0 Å². The second-order valence-electron chi connectivity index (χ2n) is 6.81. The van der Waals surface area contributed by atoms with Gasteiger partial charge in [0, 0.05) is 13.2 Å². The topological polar surface area (TPSA) is 89.5 Å². The predicted molar refractivity (Wildman–Crippen MR) is 113 cm³/mol. The minimum atomic E-state index is -0.529. The molecule has 0 saturated carbocycles. The van der Waals surface area contributed by atoms with Crippen LogP contribution in [0.3, 0.4) is 0 Å². The molecule has 0 N–H and O–H groups in total. The Morgan fingerprint density at radius 1 is 0.500 bits per heavy atom. The van der Waals surface area contributed by atoms with E-state index in [0.29, 0.717) is 65.7 Å². The standard InChI is InChI=1S/C22H42O8/c1-5-9-25-11-13-27-15-17-29-21(23)19(7-3)20(8-4)22(24)30-18-16-28-14-12-26-10-6-2/h19-20H,5-18H2,1-4H3. The van der Waals surface area contributed by atoms with Crippen molar-refractivity contribution in [2.24, 2.45) is 11.8 Å². The Labute approximate surface area is 181 Å². The third-order valence-electron chi connectivity index (χ3n) is 4.36. The summed E-state index contributed by atoms with van der Waals surface area (Å²) in [6.07, 6.45) is 2.95. The van der Waals surface area contributed by atoms with Crippen molar-refractivity contribution in [3.63, 3.8) is 0 Å². The van der Waals surface area contributed by atoms with Crippen molar-refractivity contribution in [3.05, 3.63) is 0 Å². The van der Waals surface area contributed by atoms with Gasteiger partial charge in [0.1, 0.15) is 13.2 Å². The normalized spacial score (nSPS) is 13.1. The van der Waals surface area contributed by atoms with E-state index in [1.165, 1.54) is 0 Å². The minimum Gasteiger partial charge on any atom is -0.463 e. The highest BCUT2D eigenvalue weighted by Crippen LogP contribution is 2.22. The first-order valence-electron chi connectivity index (χ1n) is 11.3. The average molecular weight is 435 g/mol. The highest BCUT2D eigenvalue weighted by atomic mass is 16.6. The molecule has 0 radical (unpaired) electrons. The predicted octanol–water partition coefficient (Wildman–Crippen LogP) is 3.01. The van der Waals surface area contributed by atoms with Crippen LogP contribution in [0.2, 0.25) is 0 Å². The Bertz CT molecular complexity index is 378. The molecule has 0 heterocycles. The van der Waals surface area contributed by atoms with Gasteiger partial charge in [-0.2, -0.15) is 0 Å². The Hall–Kier alpha value is -1.22. The lowest BCUT2D eigenvalue weighted by Crippen LogP contribution is -2.33. The fraction of sp³-hybridized carbons (Fsp3) is 0.909. The van der Waals surface area contributed by atoms with Crippen molar-refractivity contribution in [3.8, 4) is 0 Å². The van der Waals surface area contributed by atoms with Crippen molar-refractivity contribution >= 4 is 11.9 Å². The van der Waals surface area contributed by atoms with Crippen molar-refractivity contribution in [1.82, 2.24) is 0 Å². The first-order chi connectivity index (χ1) is 14.6. The molecular formula is C22H42O8. The number of hydrogen-bond acceptors (Lipinski definition) is 8. The SMILES string of the molecule is CCCOCCOCCOC(=O)C(CC)C(CC)C(=O)OCCOCCOCCC. The zero-order valence-electron chi connectivity index (χ0n) is 19.3. The van der Waals surface area contributed by atoms with E-state index in [1.807, 2.05) is 27.7 Å². The Morgan fingerprint density at radius 3 is 1.10 bits per heavy atom. The molecule has 0 aromatic carbocycles. The van der Waals surface area contributed by atoms with Gasteiger partial charge in [-0.3, -0.25) is 9.59 Å². The quantitative estimate of drug-likeness (QED) is 0.201. The van der Waals surface area contributed by atoms with Crippen molar-refractivity contribution in [2.75, 3.05) is 66.1 Å². The molecule has 0 aromatic heterocycles. The lowest BCUT2D eigenvalue weighted by molar-refractivity contribution is -0.163. The van der Waals surface area contributed by atoms with E-state index in [0.717, 1.165) is 12.8 Å². The molecule has 0 bridgehead atoms. The van der Waals surface area contributed by atoms with Crippen LogP contribution in [-0.2, 0) is 38.0 Å². The summed E-state index contributed by atoms with van der Waals surface area (Å²) in [5, 5.41) is 0. The Kier molecular flexibility index (Phi) is 20.2. The number of carbonyl (C=O) groups excluding carboxylic acids is 2. The minimum absolute atomic E-state index is 0.155.